The van der Waals surface area contributed by atoms with Crippen molar-refractivity contribution in [2.75, 3.05) is 26.7 Å². The Morgan fingerprint density at radius 3 is 2.41 bits per heavy atom. The van der Waals surface area contributed by atoms with Crippen molar-refractivity contribution in [3.8, 4) is 5.75 Å². The summed E-state index contributed by atoms with van der Waals surface area (Å²) in [5.74, 6) is -1.08. The van der Waals surface area contributed by atoms with E-state index in [0.717, 1.165) is 37.7 Å². The maximum absolute atomic E-state index is 14.1. The minimum Gasteiger partial charge on any atom is -0.492 e. The molecule has 1 saturated carbocycles. The Bertz CT molecular complexity index is 1300. The summed E-state index contributed by atoms with van der Waals surface area (Å²) in [5, 5.41) is 20.2. The lowest BCUT2D eigenvalue weighted by Crippen LogP contribution is -2.64. The second-order valence-corrected chi connectivity index (χ2v) is 12.3. The van der Waals surface area contributed by atoms with Crippen molar-refractivity contribution in [1.29, 1.82) is 0 Å². The third-order valence-corrected chi connectivity index (χ3v) is 8.36. The lowest BCUT2D eigenvalue weighted by Gasteiger charge is -2.40. The number of fused-ring (bicyclic) bond motifs is 1. The molecule has 0 aromatic heterocycles. The molecule has 4 rings (SSSR count). The molecule has 10 heteroatoms. The number of hydrogen-bond donors (Lipinski definition) is 4. The van der Waals surface area contributed by atoms with Gasteiger partial charge in [-0.1, -0.05) is 61.7 Å². The molecule has 1 fully saturated rings. The largest absolute Gasteiger partial charge is 0.492 e. The van der Waals surface area contributed by atoms with Crippen LogP contribution in [0.2, 0.25) is 0 Å². The van der Waals surface area contributed by atoms with E-state index in [2.05, 4.69) is 16.0 Å². The molecule has 3 amide bonds. The average molecular weight is 609 g/mol. The summed E-state index contributed by atoms with van der Waals surface area (Å²) < 4.78 is 19.7. The lowest BCUT2D eigenvalue weighted by atomic mass is 9.82. The highest BCUT2D eigenvalue weighted by Gasteiger charge is 2.43. The molecule has 2 aromatic carbocycles. The van der Waals surface area contributed by atoms with E-state index < -0.39 is 41.4 Å². The number of hydrogen-bond acceptors (Lipinski definition) is 6. The van der Waals surface area contributed by atoms with Crippen LogP contribution in [-0.2, 0) is 20.8 Å². The predicted molar refractivity (Wildman–Crippen MR) is 167 cm³/mol. The van der Waals surface area contributed by atoms with E-state index in [-0.39, 0.29) is 24.8 Å². The van der Waals surface area contributed by atoms with E-state index in [9.17, 15) is 23.9 Å². The van der Waals surface area contributed by atoms with Crippen molar-refractivity contribution in [2.45, 2.75) is 76.1 Å². The summed E-state index contributed by atoms with van der Waals surface area (Å²) in [7, 11) is 1.52. The SMILES string of the molecule is CN1C(=O)[C@H](C2CCCCC2)NCCOc2ccccc2/C=C/CNC(=O)[C@@H](Cc2ccc(F)cc2)NC(=O)[C@@H]1C(C)(C)O. The average Bonchev–Trinajstić information content (AvgIpc) is 2.99. The van der Waals surface area contributed by atoms with Crippen molar-refractivity contribution >= 4 is 23.8 Å². The number of benzene rings is 2. The van der Waals surface area contributed by atoms with E-state index in [4.69, 9.17) is 4.74 Å². The first kappa shape index (κ1) is 33.1. The molecule has 0 radical (unpaired) electrons. The van der Waals surface area contributed by atoms with E-state index in [1.807, 2.05) is 30.3 Å². The van der Waals surface area contributed by atoms with Gasteiger partial charge in [0.2, 0.25) is 17.7 Å². The zero-order valence-electron chi connectivity index (χ0n) is 25.9. The highest BCUT2D eigenvalue weighted by atomic mass is 19.1. The minimum atomic E-state index is -1.63. The smallest absolute Gasteiger partial charge is 0.246 e. The Morgan fingerprint density at radius 2 is 1.70 bits per heavy atom. The molecule has 2 aliphatic rings. The summed E-state index contributed by atoms with van der Waals surface area (Å²) in [6.07, 6.45) is 8.65. The molecule has 3 atom stereocenters. The number of rotatable bonds is 4. The van der Waals surface area contributed by atoms with Crippen LogP contribution in [-0.4, -0.2) is 78.2 Å². The molecule has 1 heterocycles. The monoisotopic (exact) mass is 608 g/mol. The van der Waals surface area contributed by atoms with Gasteiger partial charge in [0.15, 0.2) is 0 Å². The maximum atomic E-state index is 14.1. The topological polar surface area (TPSA) is 120 Å². The molecular formula is C34H45FN4O5. The second kappa shape index (κ2) is 15.3. The zero-order chi connectivity index (χ0) is 31.7. The van der Waals surface area contributed by atoms with E-state index in [1.54, 1.807) is 18.2 Å². The van der Waals surface area contributed by atoms with Crippen molar-refractivity contribution in [3.63, 3.8) is 0 Å². The van der Waals surface area contributed by atoms with Crippen molar-refractivity contribution in [1.82, 2.24) is 20.9 Å². The van der Waals surface area contributed by atoms with Crippen LogP contribution in [0, 0.1) is 11.7 Å². The first-order valence-electron chi connectivity index (χ1n) is 15.5. The summed E-state index contributed by atoms with van der Waals surface area (Å²) in [4.78, 5) is 42.7. The number of carbonyl (C=O) groups excluding carboxylic acids is 3. The van der Waals surface area contributed by atoms with Gasteiger partial charge in [0.1, 0.15) is 30.3 Å². The van der Waals surface area contributed by atoms with Crippen LogP contribution >= 0.6 is 0 Å². The fourth-order valence-electron chi connectivity index (χ4n) is 6.15. The Kier molecular flexibility index (Phi) is 11.5. The molecular weight excluding hydrogens is 563 g/mol. The quantitative estimate of drug-likeness (QED) is 0.423. The van der Waals surface area contributed by atoms with Crippen molar-refractivity contribution in [2.24, 2.45) is 5.92 Å². The van der Waals surface area contributed by atoms with Crippen LogP contribution in [0.4, 0.5) is 4.39 Å². The molecule has 0 saturated heterocycles. The second-order valence-electron chi connectivity index (χ2n) is 12.3. The summed E-state index contributed by atoms with van der Waals surface area (Å²) >= 11 is 0. The minimum absolute atomic E-state index is 0.0713. The van der Waals surface area contributed by atoms with Crippen LogP contribution in [0.25, 0.3) is 6.08 Å². The summed E-state index contributed by atoms with van der Waals surface area (Å²) in [6.45, 7) is 3.86. The van der Waals surface area contributed by atoms with E-state index >= 15 is 0 Å². The van der Waals surface area contributed by atoms with Gasteiger partial charge >= 0.3 is 0 Å². The standard InChI is InChI=1S/C34H45FN4O5/c1-34(2,43)30-32(41)38-27(22-23-15-17-26(35)18-16-23)31(40)37-19-9-13-24-10-7-8-14-28(24)44-21-20-36-29(33(42)39(30)3)25-11-5-4-6-12-25/h7-10,13-18,25,27,29-30,36,43H,4-6,11-12,19-22H2,1-3H3,(H,37,40)(H,38,41)/b13-9+/t27-,29+,30-/m1/s1. The van der Waals surface area contributed by atoms with Gasteiger partial charge in [-0.05, 0) is 56.4 Å². The number of nitrogens with one attached hydrogen (secondary N) is 3. The molecule has 1 aliphatic carbocycles. The van der Waals surface area contributed by atoms with Crippen LogP contribution < -0.4 is 20.7 Å². The molecule has 1 aliphatic heterocycles. The first-order valence-corrected chi connectivity index (χ1v) is 15.5. The molecule has 44 heavy (non-hydrogen) atoms. The lowest BCUT2D eigenvalue weighted by molar-refractivity contribution is -0.151. The molecule has 2 aromatic rings. The highest BCUT2D eigenvalue weighted by molar-refractivity contribution is 5.94. The first-order chi connectivity index (χ1) is 21.0. The Labute approximate surface area is 259 Å². The van der Waals surface area contributed by atoms with E-state index in [0.29, 0.717) is 24.5 Å². The number of likely N-dealkylation sites (N-methyl/N-ethyl adjacent to an activating group) is 1. The molecule has 9 nitrogen and oxygen atoms in total. The van der Waals surface area contributed by atoms with Gasteiger partial charge in [-0.25, -0.2) is 4.39 Å². The summed E-state index contributed by atoms with van der Waals surface area (Å²) in [5.41, 5.74) is -0.146. The van der Waals surface area contributed by atoms with Gasteiger partial charge < -0.3 is 30.7 Å². The predicted octanol–water partition coefficient (Wildman–Crippen LogP) is 3.21. The van der Waals surface area contributed by atoms with Crippen molar-refractivity contribution < 1.29 is 28.6 Å². The van der Waals surface area contributed by atoms with Gasteiger partial charge in [-0.2, -0.15) is 0 Å². The number of amides is 3. The van der Waals surface area contributed by atoms with Gasteiger partial charge in [0.25, 0.3) is 0 Å². The van der Waals surface area contributed by atoms with Gasteiger partial charge in [0.05, 0.1) is 11.6 Å². The molecule has 0 bridgehead atoms. The van der Waals surface area contributed by atoms with Gasteiger partial charge in [0, 0.05) is 32.1 Å². The number of ether oxygens (including phenoxy) is 1. The summed E-state index contributed by atoms with van der Waals surface area (Å²) in [6, 6.07) is 10.4. The third kappa shape index (κ3) is 8.89. The van der Waals surface area contributed by atoms with Crippen LogP contribution in [0.5, 0.6) is 5.75 Å². The fraction of sp³-hybridized carbons (Fsp3) is 0.500. The maximum Gasteiger partial charge on any atom is 0.246 e. The Balaban J connectivity index is 1.68. The normalized spacial score (nSPS) is 24.2. The molecule has 4 N–H and O–H groups in total. The zero-order valence-corrected chi connectivity index (χ0v) is 25.9. The number of halogens is 1. The number of para-hydroxylation sites is 1. The highest BCUT2D eigenvalue weighted by Crippen LogP contribution is 2.29. The van der Waals surface area contributed by atoms with Crippen LogP contribution in [0.1, 0.15) is 57.1 Å². The van der Waals surface area contributed by atoms with E-state index in [1.165, 1.54) is 37.9 Å². The Hall–Kier alpha value is -3.76. The molecule has 238 valence electrons. The third-order valence-electron chi connectivity index (χ3n) is 8.36. The molecule has 0 unspecified atom stereocenters. The van der Waals surface area contributed by atoms with Gasteiger partial charge in [-0.15, -0.1) is 0 Å². The number of aliphatic hydroxyl groups is 1. The number of nitrogens with zero attached hydrogens (tertiary/aromatic N) is 1. The Morgan fingerprint density at radius 1 is 1.00 bits per heavy atom. The van der Waals surface area contributed by atoms with Crippen LogP contribution in [0.3, 0.4) is 0 Å². The van der Waals surface area contributed by atoms with Crippen molar-refractivity contribution in [3.05, 3.63) is 71.6 Å². The molecule has 0 spiro atoms. The fourth-order valence-corrected chi connectivity index (χ4v) is 6.15. The number of carbonyl (C=O) groups is 3. The van der Waals surface area contributed by atoms with Crippen LogP contribution in [0.15, 0.2) is 54.6 Å². The van der Waals surface area contributed by atoms with Gasteiger partial charge in [-0.3, -0.25) is 14.4 Å².